The molecule has 4 heteroatoms. The van der Waals surface area contributed by atoms with Crippen molar-refractivity contribution in [3.8, 4) is 5.75 Å². The molecule has 0 aliphatic carbocycles. The number of methoxy groups -OCH3 is 1. The average Bonchev–Trinajstić information content (AvgIpc) is 2.52. The minimum Gasteiger partial charge on any atom is -0.496 e. The summed E-state index contributed by atoms with van der Waals surface area (Å²) in [6, 6.07) is 4.21. The SMILES string of the molecule is COc1cc2c(cc1Br)C(CCCl)OCCC2. The fourth-order valence-corrected chi connectivity index (χ4v) is 2.92. The number of hydrogen-bond acceptors (Lipinski definition) is 2. The molecule has 1 aliphatic heterocycles. The molecule has 1 aliphatic rings. The molecule has 0 aromatic heterocycles. The molecule has 2 rings (SSSR count). The Morgan fingerprint density at radius 2 is 2.35 bits per heavy atom. The summed E-state index contributed by atoms with van der Waals surface area (Å²) in [5.41, 5.74) is 2.56. The Morgan fingerprint density at radius 3 is 3.06 bits per heavy atom. The van der Waals surface area contributed by atoms with Crippen LogP contribution >= 0.6 is 27.5 Å². The molecular weight excluding hydrogens is 303 g/mol. The van der Waals surface area contributed by atoms with Crippen molar-refractivity contribution >= 4 is 27.5 Å². The molecule has 0 fully saturated rings. The molecule has 0 spiro atoms. The molecular formula is C13H16BrClO2. The Hall–Kier alpha value is -0.250. The van der Waals surface area contributed by atoms with Crippen molar-refractivity contribution in [3.05, 3.63) is 27.7 Å². The van der Waals surface area contributed by atoms with Gasteiger partial charge in [0.15, 0.2) is 0 Å². The number of aryl methyl sites for hydroxylation is 1. The predicted octanol–water partition coefficient (Wildman–Crippen LogP) is 4.09. The highest BCUT2D eigenvalue weighted by atomic mass is 79.9. The molecule has 17 heavy (non-hydrogen) atoms. The van der Waals surface area contributed by atoms with Crippen LogP contribution in [0.5, 0.6) is 5.75 Å². The molecule has 0 amide bonds. The van der Waals surface area contributed by atoms with Crippen LogP contribution in [-0.4, -0.2) is 19.6 Å². The predicted molar refractivity (Wildman–Crippen MR) is 73.0 cm³/mol. The van der Waals surface area contributed by atoms with Gasteiger partial charge in [0.2, 0.25) is 0 Å². The van der Waals surface area contributed by atoms with Crippen LogP contribution < -0.4 is 4.74 Å². The van der Waals surface area contributed by atoms with Crippen molar-refractivity contribution in [1.29, 1.82) is 0 Å². The topological polar surface area (TPSA) is 18.5 Å². The van der Waals surface area contributed by atoms with Gasteiger partial charge in [0.1, 0.15) is 5.75 Å². The summed E-state index contributed by atoms with van der Waals surface area (Å²) in [7, 11) is 1.69. The first-order chi connectivity index (χ1) is 8.26. The van der Waals surface area contributed by atoms with Gasteiger partial charge in [0.25, 0.3) is 0 Å². The summed E-state index contributed by atoms with van der Waals surface area (Å²) in [6.45, 7) is 0.802. The highest BCUT2D eigenvalue weighted by Crippen LogP contribution is 2.36. The van der Waals surface area contributed by atoms with E-state index in [9.17, 15) is 0 Å². The minimum absolute atomic E-state index is 0.118. The van der Waals surface area contributed by atoms with E-state index in [1.54, 1.807) is 7.11 Å². The molecule has 1 unspecified atom stereocenters. The third-order valence-corrected chi connectivity index (χ3v) is 3.88. The molecule has 0 bridgehead atoms. The van der Waals surface area contributed by atoms with E-state index < -0.39 is 0 Å². The average molecular weight is 320 g/mol. The monoisotopic (exact) mass is 318 g/mol. The molecule has 94 valence electrons. The number of ether oxygens (including phenoxy) is 2. The quantitative estimate of drug-likeness (QED) is 0.781. The Labute approximate surface area is 115 Å². The molecule has 0 radical (unpaired) electrons. The van der Waals surface area contributed by atoms with Crippen LogP contribution in [0.3, 0.4) is 0 Å². The molecule has 1 atom stereocenters. The first kappa shape index (κ1) is 13.2. The second-order valence-electron chi connectivity index (χ2n) is 4.13. The lowest BCUT2D eigenvalue weighted by molar-refractivity contribution is 0.0545. The number of benzene rings is 1. The highest BCUT2D eigenvalue weighted by molar-refractivity contribution is 9.10. The van der Waals surface area contributed by atoms with Crippen LogP contribution in [0, 0.1) is 0 Å². The first-order valence-electron chi connectivity index (χ1n) is 5.80. The summed E-state index contributed by atoms with van der Waals surface area (Å²) in [5, 5.41) is 0. The highest BCUT2D eigenvalue weighted by Gasteiger charge is 2.20. The van der Waals surface area contributed by atoms with Crippen LogP contribution in [-0.2, 0) is 11.2 Å². The molecule has 0 N–H and O–H groups in total. The number of rotatable bonds is 3. The van der Waals surface area contributed by atoms with Gasteiger partial charge < -0.3 is 9.47 Å². The lowest BCUT2D eigenvalue weighted by Gasteiger charge is -2.18. The first-order valence-corrected chi connectivity index (χ1v) is 7.13. The zero-order valence-electron chi connectivity index (χ0n) is 9.84. The summed E-state index contributed by atoms with van der Waals surface area (Å²) < 4.78 is 12.2. The summed E-state index contributed by atoms with van der Waals surface area (Å²) in [5.74, 6) is 1.50. The van der Waals surface area contributed by atoms with E-state index in [4.69, 9.17) is 21.1 Å². The lowest BCUT2D eigenvalue weighted by atomic mass is 9.98. The zero-order chi connectivity index (χ0) is 12.3. The smallest absolute Gasteiger partial charge is 0.133 e. The Kier molecular flexibility index (Phi) is 4.71. The fraction of sp³-hybridized carbons (Fsp3) is 0.538. The van der Waals surface area contributed by atoms with E-state index in [2.05, 4.69) is 28.1 Å². The van der Waals surface area contributed by atoms with E-state index in [1.165, 1.54) is 11.1 Å². The van der Waals surface area contributed by atoms with Crippen molar-refractivity contribution in [2.45, 2.75) is 25.4 Å². The number of alkyl halides is 1. The van der Waals surface area contributed by atoms with E-state index in [0.29, 0.717) is 5.88 Å². The van der Waals surface area contributed by atoms with Crippen molar-refractivity contribution < 1.29 is 9.47 Å². The number of fused-ring (bicyclic) bond motifs is 1. The van der Waals surface area contributed by atoms with Crippen LogP contribution in [0.2, 0.25) is 0 Å². The van der Waals surface area contributed by atoms with E-state index in [0.717, 1.165) is 36.1 Å². The third kappa shape index (κ3) is 2.95. The zero-order valence-corrected chi connectivity index (χ0v) is 12.2. The largest absolute Gasteiger partial charge is 0.496 e. The molecule has 0 saturated heterocycles. The fourth-order valence-electron chi connectivity index (χ4n) is 2.20. The van der Waals surface area contributed by atoms with E-state index in [1.807, 2.05) is 0 Å². The van der Waals surface area contributed by atoms with Gasteiger partial charge in [-0.3, -0.25) is 0 Å². The summed E-state index contributed by atoms with van der Waals surface area (Å²) >= 11 is 9.36. The van der Waals surface area contributed by atoms with Crippen LogP contribution in [0.4, 0.5) is 0 Å². The van der Waals surface area contributed by atoms with E-state index in [-0.39, 0.29) is 6.10 Å². The van der Waals surface area contributed by atoms with E-state index >= 15 is 0 Å². The van der Waals surface area contributed by atoms with Gasteiger partial charge in [-0.25, -0.2) is 0 Å². The van der Waals surface area contributed by atoms with Gasteiger partial charge in [-0.2, -0.15) is 0 Å². The molecule has 2 nitrogen and oxygen atoms in total. The maximum absolute atomic E-state index is 5.85. The molecule has 1 aromatic rings. The number of halogens is 2. The standard InChI is InChI=1S/C13H16BrClO2/c1-16-13-7-9-3-2-6-17-12(4-5-15)10(9)8-11(13)14/h7-8,12H,2-6H2,1H3. The summed E-state index contributed by atoms with van der Waals surface area (Å²) in [6.07, 6.45) is 3.06. The van der Waals surface area contributed by atoms with Gasteiger partial charge in [-0.1, -0.05) is 0 Å². The van der Waals surface area contributed by atoms with Gasteiger partial charge in [-0.15, -0.1) is 11.6 Å². The maximum atomic E-state index is 5.85. The van der Waals surface area contributed by atoms with Crippen molar-refractivity contribution in [2.24, 2.45) is 0 Å². The lowest BCUT2D eigenvalue weighted by Crippen LogP contribution is -2.05. The second kappa shape index (κ2) is 6.07. The Bertz CT molecular complexity index is 395. The van der Waals surface area contributed by atoms with Crippen LogP contribution in [0.15, 0.2) is 16.6 Å². The normalized spacial score (nSPS) is 19.6. The Balaban J connectivity index is 2.39. The molecule has 1 heterocycles. The number of hydrogen-bond donors (Lipinski definition) is 0. The van der Waals surface area contributed by atoms with Crippen molar-refractivity contribution in [3.63, 3.8) is 0 Å². The van der Waals surface area contributed by atoms with Crippen molar-refractivity contribution in [1.82, 2.24) is 0 Å². The van der Waals surface area contributed by atoms with Gasteiger partial charge in [0.05, 0.1) is 17.7 Å². The maximum Gasteiger partial charge on any atom is 0.133 e. The summed E-state index contributed by atoms with van der Waals surface area (Å²) in [4.78, 5) is 0. The Morgan fingerprint density at radius 1 is 1.53 bits per heavy atom. The minimum atomic E-state index is 0.118. The third-order valence-electron chi connectivity index (χ3n) is 3.04. The van der Waals surface area contributed by atoms with Gasteiger partial charge >= 0.3 is 0 Å². The van der Waals surface area contributed by atoms with Gasteiger partial charge in [-0.05, 0) is 58.5 Å². The second-order valence-corrected chi connectivity index (χ2v) is 5.36. The van der Waals surface area contributed by atoms with Crippen LogP contribution in [0.1, 0.15) is 30.1 Å². The molecule has 1 aromatic carbocycles. The van der Waals surface area contributed by atoms with Crippen molar-refractivity contribution in [2.75, 3.05) is 19.6 Å². The molecule has 0 saturated carbocycles. The van der Waals surface area contributed by atoms with Gasteiger partial charge in [0, 0.05) is 12.5 Å². The van der Waals surface area contributed by atoms with Crippen LogP contribution in [0.25, 0.3) is 0 Å².